The Kier molecular flexibility index (Phi) is 1.96. The van der Waals surface area contributed by atoms with Crippen LogP contribution >= 0.6 is 0 Å². The summed E-state index contributed by atoms with van der Waals surface area (Å²) in [6.45, 7) is -0.617. The second-order valence-electron chi connectivity index (χ2n) is 3.00. The molecule has 0 aliphatic carbocycles. The van der Waals surface area contributed by atoms with Crippen LogP contribution in [0, 0.1) is 0 Å². The Balaban J connectivity index is 2.73. The summed E-state index contributed by atoms with van der Waals surface area (Å²) in [5, 5.41) is 9.41. The van der Waals surface area contributed by atoms with Crippen molar-refractivity contribution < 1.29 is 14.3 Å². The normalized spacial score (nSPS) is 10.6. The van der Waals surface area contributed by atoms with Crippen LogP contribution in [0.25, 0.3) is 10.9 Å². The van der Waals surface area contributed by atoms with Crippen LogP contribution in [0.2, 0.25) is 0 Å². The Hall–Kier alpha value is -1.84. The van der Waals surface area contributed by atoms with E-state index in [0.29, 0.717) is 16.6 Å². The third-order valence-corrected chi connectivity index (χ3v) is 2.09. The summed E-state index contributed by atoms with van der Waals surface area (Å²) in [4.78, 5) is 13.6. The van der Waals surface area contributed by atoms with E-state index >= 15 is 0 Å². The van der Waals surface area contributed by atoms with Crippen LogP contribution in [0.3, 0.4) is 0 Å². The van der Waals surface area contributed by atoms with Crippen molar-refractivity contribution in [1.29, 1.82) is 0 Å². The summed E-state index contributed by atoms with van der Waals surface area (Å²) in [5.41, 5.74) is 1.24. The number of H-pyrrole nitrogens is 1. The fraction of sp³-hybridized carbons (Fsp3) is 0.100. The molecule has 0 saturated heterocycles. The van der Waals surface area contributed by atoms with Gasteiger partial charge in [0.1, 0.15) is 6.67 Å². The number of carbonyl (C=O) groups is 1. The Morgan fingerprint density at radius 2 is 2.29 bits per heavy atom. The molecule has 0 atom stereocenters. The van der Waals surface area contributed by atoms with Gasteiger partial charge in [0.05, 0.1) is 5.56 Å². The van der Waals surface area contributed by atoms with Crippen molar-refractivity contribution in [1.82, 2.24) is 4.98 Å². The van der Waals surface area contributed by atoms with Gasteiger partial charge in [-0.25, -0.2) is 9.18 Å². The van der Waals surface area contributed by atoms with Crippen molar-refractivity contribution in [3.63, 3.8) is 0 Å². The number of rotatable bonds is 2. The van der Waals surface area contributed by atoms with Gasteiger partial charge in [0.2, 0.25) is 0 Å². The average molecular weight is 193 g/mol. The number of aromatic carboxylic acids is 1. The quantitative estimate of drug-likeness (QED) is 0.769. The summed E-state index contributed by atoms with van der Waals surface area (Å²) < 4.78 is 12.3. The minimum Gasteiger partial charge on any atom is -0.478 e. The third-order valence-electron chi connectivity index (χ3n) is 2.09. The fourth-order valence-corrected chi connectivity index (χ4v) is 1.47. The first-order valence-corrected chi connectivity index (χ1v) is 4.12. The molecule has 72 valence electrons. The highest BCUT2D eigenvalue weighted by molar-refractivity contribution is 6.03. The number of benzene rings is 1. The average Bonchev–Trinajstić information content (AvgIpc) is 2.59. The highest BCUT2D eigenvalue weighted by Crippen LogP contribution is 2.20. The van der Waals surface area contributed by atoms with Gasteiger partial charge in [-0.05, 0) is 18.2 Å². The van der Waals surface area contributed by atoms with Crippen molar-refractivity contribution in [3.05, 3.63) is 35.5 Å². The molecule has 14 heavy (non-hydrogen) atoms. The maximum Gasteiger partial charge on any atom is 0.336 e. The van der Waals surface area contributed by atoms with Crippen molar-refractivity contribution in [2.45, 2.75) is 6.67 Å². The summed E-state index contributed by atoms with van der Waals surface area (Å²) in [6.07, 6.45) is 0. The minimum atomic E-state index is -1.000. The zero-order chi connectivity index (χ0) is 10.1. The molecular formula is C10H8FNO2. The van der Waals surface area contributed by atoms with Gasteiger partial charge in [-0.3, -0.25) is 0 Å². The Labute approximate surface area is 79.2 Å². The molecule has 0 amide bonds. The number of hydrogen-bond acceptors (Lipinski definition) is 1. The first-order valence-electron chi connectivity index (χ1n) is 4.12. The smallest absolute Gasteiger partial charge is 0.336 e. The van der Waals surface area contributed by atoms with Gasteiger partial charge in [-0.15, -0.1) is 0 Å². The van der Waals surface area contributed by atoms with Gasteiger partial charge in [0.15, 0.2) is 0 Å². The summed E-state index contributed by atoms with van der Waals surface area (Å²) in [7, 11) is 0. The third kappa shape index (κ3) is 1.25. The lowest BCUT2D eigenvalue weighted by atomic mass is 10.1. The largest absolute Gasteiger partial charge is 0.478 e. The number of fused-ring (bicyclic) bond motifs is 1. The molecule has 0 aliphatic rings. The summed E-state index contributed by atoms with van der Waals surface area (Å²) in [6, 6.07) is 6.38. The van der Waals surface area contributed by atoms with Crippen LogP contribution in [0.5, 0.6) is 0 Å². The van der Waals surface area contributed by atoms with E-state index in [9.17, 15) is 9.18 Å². The number of halogens is 1. The topological polar surface area (TPSA) is 53.1 Å². The summed E-state index contributed by atoms with van der Waals surface area (Å²) in [5.74, 6) is -1.000. The Morgan fingerprint density at radius 1 is 1.50 bits per heavy atom. The lowest BCUT2D eigenvalue weighted by Gasteiger charge is -1.94. The number of nitrogens with one attached hydrogen (secondary N) is 1. The van der Waals surface area contributed by atoms with E-state index in [-0.39, 0.29) is 5.56 Å². The molecule has 2 N–H and O–H groups in total. The van der Waals surface area contributed by atoms with Crippen molar-refractivity contribution >= 4 is 16.9 Å². The number of carboxylic acids is 1. The predicted octanol–water partition coefficient (Wildman–Crippen LogP) is 2.34. The Morgan fingerprint density at radius 3 is 2.93 bits per heavy atom. The van der Waals surface area contributed by atoms with E-state index in [4.69, 9.17) is 5.11 Å². The zero-order valence-electron chi connectivity index (χ0n) is 7.25. The van der Waals surface area contributed by atoms with Gasteiger partial charge < -0.3 is 10.1 Å². The van der Waals surface area contributed by atoms with E-state index in [1.54, 1.807) is 12.1 Å². The molecule has 1 heterocycles. The van der Waals surface area contributed by atoms with Crippen molar-refractivity contribution in [2.24, 2.45) is 0 Å². The van der Waals surface area contributed by atoms with Gasteiger partial charge >= 0.3 is 5.97 Å². The highest BCUT2D eigenvalue weighted by Gasteiger charge is 2.09. The van der Waals surface area contributed by atoms with Crippen molar-refractivity contribution in [3.8, 4) is 0 Å². The molecule has 0 fully saturated rings. The molecular weight excluding hydrogens is 185 g/mol. The van der Waals surface area contributed by atoms with E-state index < -0.39 is 12.6 Å². The molecule has 1 aromatic carbocycles. The molecule has 0 radical (unpaired) electrons. The van der Waals surface area contributed by atoms with Crippen LogP contribution in [-0.2, 0) is 6.67 Å². The number of hydrogen-bond donors (Lipinski definition) is 2. The highest BCUT2D eigenvalue weighted by atomic mass is 19.1. The number of aromatic amines is 1. The van der Waals surface area contributed by atoms with Crippen LogP contribution in [0.15, 0.2) is 24.3 Å². The number of alkyl halides is 1. The molecule has 4 heteroatoms. The predicted molar refractivity (Wildman–Crippen MR) is 50.1 cm³/mol. The van der Waals surface area contributed by atoms with E-state index in [1.807, 2.05) is 0 Å². The van der Waals surface area contributed by atoms with E-state index in [1.165, 1.54) is 12.1 Å². The van der Waals surface area contributed by atoms with Gasteiger partial charge in [0.25, 0.3) is 0 Å². The monoisotopic (exact) mass is 193 g/mol. The molecule has 0 saturated carbocycles. The van der Waals surface area contributed by atoms with Crippen LogP contribution in [0.4, 0.5) is 4.39 Å². The first kappa shape index (κ1) is 8.74. The van der Waals surface area contributed by atoms with Gasteiger partial charge in [0, 0.05) is 16.6 Å². The fourth-order valence-electron chi connectivity index (χ4n) is 1.47. The second kappa shape index (κ2) is 3.14. The van der Waals surface area contributed by atoms with Crippen LogP contribution in [0.1, 0.15) is 16.1 Å². The lowest BCUT2D eigenvalue weighted by molar-refractivity contribution is 0.0699. The molecule has 2 aromatic rings. The number of aromatic nitrogens is 1. The standard InChI is InChI=1S/C10H8FNO2/c11-5-6-4-8-7(10(13)14)2-1-3-9(8)12-6/h1-4,12H,5H2,(H,13,14). The number of carboxylic acid groups (broad SMARTS) is 1. The molecule has 3 nitrogen and oxygen atoms in total. The maximum absolute atomic E-state index is 12.3. The Bertz CT molecular complexity index is 490. The minimum absolute atomic E-state index is 0.193. The molecule has 0 aliphatic heterocycles. The zero-order valence-corrected chi connectivity index (χ0v) is 7.25. The molecule has 1 aromatic heterocycles. The molecule has 2 rings (SSSR count). The molecule has 0 spiro atoms. The molecule has 0 unspecified atom stereocenters. The SMILES string of the molecule is O=C(O)c1cccc2[nH]c(CF)cc12. The second-order valence-corrected chi connectivity index (χ2v) is 3.00. The lowest BCUT2D eigenvalue weighted by Crippen LogP contribution is -1.95. The summed E-state index contributed by atoms with van der Waals surface area (Å²) >= 11 is 0. The maximum atomic E-state index is 12.3. The first-order chi connectivity index (χ1) is 6.72. The molecule has 0 bridgehead atoms. The van der Waals surface area contributed by atoms with E-state index in [0.717, 1.165) is 0 Å². The van der Waals surface area contributed by atoms with Gasteiger partial charge in [-0.2, -0.15) is 0 Å². The van der Waals surface area contributed by atoms with Gasteiger partial charge in [-0.1, -0.05) is 6.07 Å². The van der Waals surface area contributed by atoms with Crippen LogP contribution in [-0.4, -0.2) is 16.1 Å². The van der Waals surface area contributed by atoms with E-state index in [2.05, 4.69) is 4.98 Å². The van der Waals surface area contributed by atoms with Crippen molar-refractivity contribution in [2.75, 3.05) is 0 Å². The van der Waals surface area contributed by atoms with Crippen LogP contribution < -0.4 is 0 Å².